The molecular weight excluding hydrogens is 300 g/mol. The van der Waals surface area contributed by atoms with Gasteiger partial charge in [-0.15, -0.1) is 0 Å². The van der Waals surface area contributed by atoms with Gasteiger partial charge in [0.15, 0.2) is 27.2 Å². The van der Waals surface area contributed by atoms with Gasteiger partial charge in [0.25, 0.3) is 0 Å². The molecule has 1 aliphatic rings. The van der Waals surface area contributed by atoms with Crippen molar-refractivity contribution >= 4 is 9.84 Å². The van der Waals surface area contributed by atoms with Gasteiger partial charge in [-0.2, -0.15) is 0 Å². The smallest absolute Gasteiger partial charge is 0.190 e. The van der Waals surface area contributed by atoms with Crippen molar-refractivity contribution < 1.29 is 21.9 Å². The molecule has 0 atom stereocenters. The third-order valence-electron chi connectivity index (χ3n) is 3.31. The van der Waals surface area contributed by atoms with Crippen molar-refractivity contribution in [2.75, 3.05) is 18.1 Å². The lowest BCUT2D eigenvalue weighted by Crippen LogP contribution is -2.17. The molecule has 0 aliphatic heterocycles. The maximum atomic E-state index is 13.8. The monoisotopic (exact) mass is 319 g/mol. The number of nitrogens with one attached hydrogen (secondary N) is 1. The molecule has 1 aliphatic carbocycles. The third kappa shape index (κ3) is 4.93. The summed E-state index contributed by atoms with van der Waals surface area (Å²) in [5, 5.41) is 3.16. The average Bonchev–Trinajstić information content (AvgIpc) is 3.23. The molecule has 0 saturated heterocycles. The molecule has 118 valence electrons. The zero-order valence-electron chi connectivity index (χ0n) is 11.9. The first-order chi connectivity index (χ1) is 9.91. The molecule has 0 bridgehead atoms. The van der Waals surface area contributed by atoms with Crippen LogP contribution in [0.15, 0.2) is 12.1 Å². The lowest BCUT2D eigenvalue weighted by molar-refractivity contribution is 0.303. The minimum Gasteiger partial charge on any atom is -0.487 e. The van der Waals surface area contributed by atoms with Gasteiger partial charge >= 0.3 is 0 Å². The largest absolute Gasteiger partial charge is 0.487 e. The minimum absolute atomic E-state index is 0.0207. The van der Waals surface area contributed by atoms with Crippen LogP contribution in [0.1, 0.15) is 25.3 Å². The Labute approximate surface area is 123 Å². The van der Waals surface area contributed by atoms with E-state index >= 15 is 0 Å². The van der Waals surface area contributed by atoms with E-state index < -0.39 is 27.2 Å². The Morgan fingerprint density at radius 2 is 1.90 bits per heavy atom. The Hall–Kier alpha value is -1.21. The Kier molecular flexibility index (Phi) is 5.16. The first kappa shape index (κ1) is 16.2. The van der Waals surface area contributed by atoms with Gasteiger partial charge in [-0.05, 0) is 30.5 Å². The Morgan fingerprint density at radius 1 is 1.29 bits per heavy atom. The second-order valence-corrected chi connectivity index (χ2v) is 7.60. The van der Waals surface area contributed by atoms with Crippen LogP contribution in [-0.4, -0.2) is 32.6 Å². The third-order valence-corrected chi connectivity index (χ3v) is 4.98. The molecule has 1 saturated carbocycles. The molecule has 21 heavy (non-hydrogen) atoms. The molecule has 0 heterocycles. The van der Waals surface area contributed by atoms with Crippen molar-refractivity contribution in [3.05, 3.63) is 29.3 Å². The molecule has 7 heteroatoms. The van der Waals surface area contributed by atoms with Crippen molar-refractivity contribution in [1.82, 2.24) is 5.32 Å². The zero-order chi connectivity index (χ0) is 15.5. The van der Waals surface area contributed by atoms with Gasteiger partial charge in [-0.3, -0.25) is 0 Å². The van der Waals surface area contributed by atoms with E-state index in [9.17, 15) is 17.2 Å². The molecular formula is C14H19F2NO3S. The molecule has 1 aromatic rings. The summed E-state index contributed by atoms with van der Waals surface area (Å²) in [5.74, 6) is -2.41. The summed E-state index contributed by atoms with van der Waals surface area (Å²) >= 11 is 0. The van der Waals surface area contributed by atoms with E-state index in [1.54, 1.807) is 0 Å². The molecule has 1 fully saturated rings. The predicted octanol–water partition coefficient (Wildman–Crippen LogP) is 2.03. The molecule has 1 N–H and O–H groups in total. The number of ether oxygens (including phenoxy) is 1. The molecule has 0 unspecified atom stereocenters. The van der Waals surface area contributed by atoms with Crippen LogP contribution in [0.2, 0.25) is 0 Å². The number of sulfone groups is 1. The molecule has 4 nitrogen and oxygen atoms in total. The van der Waals surface area contributed by atoms with Crippen molar-refractivity contribution in [3.8, 4) is 5.75 Å². The summed E-state index contributed by atoms with van der Waals surface area (Å²) in [7, 11) is -3.21. The minimum atomic E-state index is -3.21. The summed E-state index contributed by atoms with van der Waals surface area (Å²) in [4.78, 5) is 0. The lowest BCUT2D eigenvalue weighted by atomic mass is 10.2. The summed E-state index contributed by atoms with van der Waals surface area (Å²) < 4.78 is 55.2. The molecule has 0 radical (unpaired) electrons. The maximum absolute atomic E-state index is 13.8. The number of hydrogen-bond acceptors (Lipinski definition) is 4. The fourth-order valence-corrected chi connectivity index (χ4v) is 2.44. The zero-order valence-corrected chi connectivity index (χ0v) is 12.7. The van der Waals surface area contributed by atoms with E-state index in [0.29, 0.717) is 18.2 Å². The number of halogens is 2. The average molecular weight is 319 g/mol. The predicted molar refractivity (Wildman–Crippen MR) is 76.0 cm³/mol. The van der Waals surface area contributed by atoms with Crippen LogP contribution in [0.5, 0.6) is 5.75 Å². The van der Waals surface area contributed by atoms with Crippen LogP contribution >= 0.6 is 0 Å². The molecule has 0 amide bonds. The second kappa shape index (κ2) is 6.70. The highest BCUT2D eigenvalue weighted by Crippen LogP contribution is 2.24. The molecule has 1 aromatic carbocycles. The van der Waals surface area contributed by atoms with Gasteiger partial charge in [-0.25, -0.2) is 17.2 Å². The SMILES string of the molecule is CCS(=O)(=O)CCOc1c(F)cc(CNC2CC2)cc1F. The van der Waals surface area contributed by atoms with E-state index in [0.717, 1.165) is 12.8 Å². The fraction of sp³-hybridized carbons (Fsp3) is 0.571. The van der Waals surface area contributed by atoms with Crippen molar-refractivity contribution in [2.24, 2.45) is 0 Å². The Bertz CT molecular complexity index is 577. The van der Waals surface area contributed by atoms with Gasteiger partial charge in [0.05, 0.1) is 5.75 Å². The molecule has 0 aromatic heterocycles. The summed E-state index contributed by atoms with van der Waals surface area (Å²) in [6.45, 7) is 1.66. The normalized spacial score (nSPS) is 15.2. The first-order valence-corrected chi connectivity index (χ1v) is 8.78. The van der Waals surface area contributed by atoms with Crippen LogP contribution in [0.25, 0.3) is 0 Å². The van der Waals surface area contributed by atoms with Crippen LogP contribution in [-0.2, 0) is 16.4 Å². The lowest BCUT2D eigenvalue weighted by Gasteiger charge is -2.10. The maximum Gasteiger partial charge on any atom is 0.190 e. The van der Waals surface area contributed by atoms with Crippen LogP contribution in [0.4, 0.5) is 8.78 Å². The first-order valence-electron chi connectivity index (χ1n) is 6.96. The van der Waals surface area contributed by atoms with Gasteiger partial charge in [0.2, 0.25) is 0 Å². The quantitative estimate of drug-likeness (QED) is 0.796. The van der Waals surface area contributed by atoms with Crippen LogP contribution in [0.3, 0.4) is 0 Å². The highest BCUT2D eigenvalue weighted by molar-refractivity contribution is 7.91. The summed E-state index contributed by atoms with van der Waals surface area (Å²) in [5.41, 5.74) is 0.505. The second-order valence-electron chi connectivity index (χ2n) is 5.13. The Morgan fingerprint density at radius 3 is 2.43 bits per heavy atom. The Balaban J connectivity index is 1.95. The number of rotatable bonds is 8. The van der Waals surface area contributed by atoms with E-state index in [-0.39, 0.29) is 18.1 Å². The van der Waals surface area contributed by atoms with Gasteiger partial charge in [0, 0.05) is 18.3 Å². The fourth-order valence-electron chi connectivity index (χ4n) is 1.82. The number of hydrogen-bond donors (Lipinski definition) is 1. The van der Waals surface area contributed by atoms with Crippen LogP contribution in [0, 0.1) is 11.6 Å². The molecule has 2 rings (SSSR count). The highest BCUT2D eigenvalue weighted by Gasteiger charge is 2.21. The van der Waals surface area contributed by atoms with Crippen molar-refractivity contribution in [1.29, 1.82) is 0 Å². The van der Waals surface area contributed by atoms with Crippen molar-refractivity contribution in [3.63, 3.8) is 0 Å². The van der Waals surface area contributed by atoms with Crippen LogP contribution < -0.4 is 10.1 Å². The van der Waals surface area contributed by atoms with E-state index in [1.165, 1.54) is 19.1 Å². The summed E-state index contributed by atoms with van der Waals surface area (Å²) in [6.07, 6.45) is 2.19. The van der Waals surface area contributed by atoms with Crippen molar-refractivity contribution in [2.45, 2.75) is 32.4 Å². The number of benzene rings is 1. The topological polar surface area (TPSA) is 55.4 Å². The van der Waals surface area contributed by atoms with Gasteiger partial charge < -0.3 is 10.1 Å². The molecule has 0 spiro atoms. The summed E-state index contributed by atoms with van der Waals surface area (Å²) in [6, 6.07) is 2.87. The highest BCUT2D eigenvalue weighted by atomic mass is 32.2. The van der Waals surface area contributed by atoms with E-state index in [2.05, 4.69) is 5.32 Å². The van der Waals surface area contributed by atoms with Gasteiger partial charge in [0.1, 0.15) is 6.61 Å². The van der Waals surface area contributed by atoms with E-state index in [4.69, 9.17) is 4.74 Å². The standard InChI is InChI=1S/C14H19F2NO3S/c1-2-21(18,19)6-5-20-14-12(15)7-10(8-13(14)16)9-17-11-3-4-11/h7-8,11,17H,2-6,9H2,1H3. The van der Waals surface area contributed by atoms with Gasteiger partial charge in [-0.1, -0.05) is 6.92 Å². The van der Waals surface area contributed by atoms with E-state index in [1.807, 2.05) is 0 Å².